The average Bonchev–Trinajstić information content (AvgIpc) is 3.35. The van der Waals surface area contributed by atoms with Crippen molar-refractivity contribution in [1.29, 1.82) is 0 Å². The van der Waals surface area contributed by atoms with E-state index < -0.39 is 29.8 Å². The predicted octanol–water partition coefficient (Wildman–Crippen LogP) is 6.23. The first kappa shape index (κ1) is 20.8. The van der Waals surface area contributed by atoms with Crippen molar-refractivity contribution < 1.29 is 35.6 Å². The van der Waals surface area contributed by atoms with Crippen molar-refractivity contribution in [3.8, 4) is 28.6 Å². The number of aromatic nitrogens is 3. The molecular weight excluding hydrogens is 428 g/mol. The summed E-state index contributed by atoms with van der Waals surface area (Å²) in [6.07, 6.45) is -10.4. The molecule has 5 nitrogen and oxygen atoms in total. The van der Waals surface area contributed by atoms with Gasteiger partial charge in [0, 0.05) is 28.2 Å². The summed E-state index contributed by atoms with van der Waals surface area (Å²) in [5, 5.41) is 4.67. The number of halogens is 6. The summed E-state index contributed by atoms with van der Waals surface area (Å²) in [5.74, 6) is -1.01. The van der Waals surface area contributed by atoms with Crippen LogP contribution in [0, 0.1) is 0 Å². The first-order chi connectivity index (χ1) is 14.5. The van der Waals surface area contributed by atoms with Crippen molar-refractivity contribution >= 4 is 10.9 Å². The Kier molecular flexibility index (Phi) is 4.91. The molecule has 0 radical (unpaired) electrons. The van der Waals surface area contributed by atoms with Crippen LogP contribution < -0.4 is 4.74 Å². The van der Waals surface area contributed by atoms with E-state index in [4.69, 9.17) is 4.52 Å². The summed E-state index contributed by atoms with van der Waals surface area (Å²) >= 11 is 0. The summed E-state index contributed by atoms with van der Waals surface area (Å²) in [6.45, 7) is 0.625. The molecule has 2 heterocycles. The second kappa shape index (κ2) is 7.33. The second-order valence-corrected chi connectivity index (χ2v) is 6.71. The highest BCUT2D eigenvalue weighted by molar-refractivity contribution is 5.83. The van der Waals surface area contributed by atoms with Crippen LogP contribution in [0.25, 0.3) is 33.7 Å². The van der Waals surface area contributed by atoms with Gasteiger partial charge in [-0.15, -0.1) is 0 Å². The van der Waals surface area contributed by atoms with Crippen LogP contribution in [0.5, 0.6) is 5.75 Å². The standard InChI is InChI=1S/C20H13F6N3O2/c1-10(19(21,22)23)30-16-5-3-13(9-14(16)20(24,25)26)18-28-17(29-31-18)12-2-4-15-11(8-12)6-7-27-15/h2-10,27H,1H3. The van der Waals surface area contributed by atoms with Crippen LogP contribution in [0.2, 0.25) is 0 Å². The quantitative estimate of drug-likeness (QED) is 0.381. The molecule has 0 saturated carbocycles. The van der Waals surface area contributed by atoms with E-state index in [0.717, 1.165) is 23.0 Å². The SMILES string of the molecule is CC(Oc1ccc(-c2nc(-c3ccc4[nH]ccc4c3)no2)cc1C(F)(F)F)C(F)(F)F. The minimum Gasteiger partial charge on any atom is -0.481 e. The van der Waals surface area contributed by atoms with E-state index in [1.54, 1.807) is 24.4 Å². The van der Waals surface area contributed by atoms with Crippen LogP contribution in [-0.2, 0) is 6.18 Å². The summed E-state index contributed by atoms with van der Waals surface area (Å²) in [4.78, 5) is 7.14. The number of alkyl halides is 6. The van der Waals surface area contributed by atoms with E-state index in [1.807, 2.05) is 6.07 Å². The molecule has 0 bridgehead atoms. The lowest BCUT2D eigenvalue weighted by atomic mass is 10.1. The largest absolute Gasteiger partial charge is 0.481 e. The normalized spacial score (nSPS) is 13.5. The minimum atomic E-state index is -4.96. The molecule has 11 heteroatoms. The molecule has 0 aliphatic carbocycles. The molecule has 1 unspecified atom stereocenters. The Morgan fingerprint density at radius 2 is 1.71 bits per heavy atom. The van der Waals surface area contributed by atoms with Gasteiger partial charge in [-0.2, -0.15) is 31.3 Å². The van der Waals surface area contributed by atoms with Crippen molar-refractivity contribution in [2.75, 3.05) is 0 Å². The third-order valence-electron chi connectivity index (χ3n) is 4.53. The van der Waals surface area contributed by atoms with Crippen molar-refractivity contribution in [2.45, 2.75) is 25.4 Å². The van der Waals surface area contributed by atoms with Gasteiger partial charge in [0.1, 0.15) is 5.75 Å². The van der Waals surface area contributed by atoms with Gasteiger partial charge in [-0.05, 0) is 49.4 Å². The average molecular weight is 441 g/mol. The molecule has 31 heavy (non-hydrogen) atoms. The fourth-order valence-corrected chi connectivity index (χ4v) is 2.89. The molecule has 1 N–H and O–H groups in total. The molecule has 0 saturated heterocycles. The van der Waals surface area contributed by atoms with Gasteiger partial charge < -0.3 is 14.2 Å². The highest BCUT2D eigenvalue weighted by atomic mass is 19.4. The van der Waals surface area contributed by atoms with Crippen molar-refractivity contribution in [1.82, 2.24) is 15.1 Å². The number of nitrogens with zero attached hydrogens (tertiary/aromatic N) is 2. The molecule has 4 rings (SSSR count). The van der Waals surface area contributed by atoms with Crippen LogP contribution in [-0.4, -0.2) is 27.4 Å². The smallest absolute Gasteiger partial charge is 0.425 e. The summed E-state index contributed by atoms with van der Waals surface area (Å²) in [5.41, 5.74) is -0.0292. The highest BCUT2D eigenvalue weighted by Gasteiger charge is 2.41. The number of aromatic amines is 1. The molecule has 0 spiro atoms. The van der Waals surface area contributed by atoms with Gasteiger partial charge in [0.25, 0.3) is 5.89 Å². The summed E-state index contributed by atoms with van der Waals surface area (Å²) < 4.78 is 88.1. The molecule has 0 fully saturated rings. The van der Waals surface area contributed by atoms with Gasteiger partial charge in [-0.1, -0.05) is 5.16 Å². The molecule has 0 aliphatic heterocycles. The van der Waals surface area contributed by atoms with E-state index in [9.17, 15) is 26.3 Å². The molecule has 0 amide bonds. The lowest BCUT2D eigenvalue weighted by Gasteiger charge is -2.20. The Balaban J connectivity index is 1.68. The number of ether oxygens (including phenoxy) is 1. The first-order valence-electron chi connectivity index (χ1n) is 8.88. The maximum Gasteiger partial charge on any atom is 0.425 e. The Hall–Kier alpha value is -3.50. The number of hydrogen-bond acceptors (Lipinski definition) is 4. The molecule has 2 aromatic heterocycles. The molecule has 162 valence electrons. The summed E-state index contributed by atoms with van der Waals surface area (Å²) in [7, 11) is 0. The zero-order valence-electron chi connectivity index (χ0n) is 15.7. The van der Waals surface area contributed by atoms with Crippen LogP contribution >= 0.6 is 0 Å². The van der Waals surface area contributed by atoms with E-state index in [1.165, 1.54) is 0 Å². The van der Waals surface area contributed by atoms with Crippen molar-refractivity contribution in [3.63, 3.8) is 0 Å². The lowest BCUT2D eigenvalue weighted by molar-refractivity contribution is -0.191. The van der Waals surface area contributed by atoms with Gasteiger partial charge in [-0.3, -0.25) is 0 Å². The van der Waals surface area contributed by atoms with Crippen molar-refractivity contribution in [3.05, 3.63) is 54.2 Å². The Morgan fingerprint density at radius 3 is 2.42 bits per heavy atom. The number of nitrogens with one attached hydrogen (secondary N) is 1. The fourth-order valence-electron chi connectivity index (χ4n) is 2.89. The Morgan fingerprint density at radius 1 is 0.968 bits per heavy atom. The molecule has 1 atom stereocenters. The predicted molar refractivity (Wildman–Crippen MR) is 98.2 cm³/mol. The van der Waals surface area contributed by atoms with Gasteiger partial charge in [0.2, 0.25) is 5.82 Å². The third-order valence-corrected chi connectivity index (χ3v) is 4.53. The van der Waals surface area contributed by atoms with Crippen molar-refractivity contribution in [2.24, 2.45) is 0 Å². The van der Waals surface area contributed by atoms with Gasteiger partial charge >= 0.3 is 12.4 Å². The zero-order chi connectivity index (χ0) is 22.4. The van der Waals surface area contributed by atoms with Crippen LogP contribution in [0.3, 0.4) is 0 Å². The van der Waals surface area contributed by atoms with Gasteiger partial charge in [0.15, 0.2) is 6.10 Å². The monoisotopic (exact) mass is 441 g/mol. The number of rotatable bonds is 4. The fraction of sp³-hybridized carbons (Fsp3) is 0.200. The lowest BCUT2D eigenvalue weighted by Crippen LogP contribution is -2.31. The minimum absolute atomic E-state index is 0.110. The van der Waals surface area contributed by atoms with Gasteiger partial charge in [0.05, 0.1) is 5.56 Å². The maximum atomic E-state index is 13.4. The van der Waals surface area contributed by atoms with E-state index in [2.05, 4.69) is 19.9 Å². The van der Waals surface area contributed by atoms with E-state index in [-0.39, 0.29) is 17.3 Å². The van der Waals surface area contributed by atoms with Crippen LogP contribution in [0.1, 0.15) is 12.5 Å². The number of H-pyrrole nitrogens is 1. The Labute approximate surface area is 170 Å². The number of fused-ring (bicyclic) bond motifs is 1. The van der Waals surface area contributed by atoms with E-state index in [0.29, 0.717) is 18.6 Å². The molecule has 4 aromatic rings. The second-order valence-electron chi connectivity index (χ2n) is 6.71. The summed E-state index contributed by atoms with van der Waals surface area (Å²) in [6, 6.07) is 9.65. The molecule has 2 aromatic carbocycles. The van der Waals surface area contributed by atoms with E-state index >= 15 is 0 Å². The van der Waals surface area contributed by atoms with Gasteiger partial charge in [-0.25, -0.2) is 0 Å². The molecule has 0 aliphatic rings. The molecular formula is C20H13F6N3O2. The first-order valence-corrected chi connectivity index (χ1v) is 8.88. The van der Waals surface area contributed by atoms with Crippen LogP contribution in [0.15, 0.2) is 53.2 Å². The third kappa shape index (κ3) is 4.21. The Bertz CT molecular complexity index is 1230. The number of hydrogen-bond donors (Lipinski definition) is 1. The maximum absolute atomic E-state index is 13.4. The topological polar surface area (TPSA) is 63.9 Å². The van der Waals surface area contributed by atoms with Crippen LogP contribution in [0.4, 0.5) is 26.3 Å². The number of benzene rings is 2. The zero-order valence-corrected chi connectivity index (χ0v) is 15.7. The highest BCUT2D eigenvalue weighted by Crippen LogP contribution is 2.40.